The first kappa shape index (κ1) is 21.0. The maximum absolute atomic E-state index is 12.9. The number of halogens is 1. The average molecular weight is 498 g/mol. The van der Waals surface area contributed by atoms with Crippen LogP contribution in [0.2, 0.25) is 0 Å². The van der Waals surface area contributed by atoms with Crippen LogP contribution in [0.5, 0.6) is 0 Å². The Morgan fingerprint density at radius 3 is 2.65 bits per heavy atom. The van der Waals surface area contributed by atoms with Crippen molar-refractivity contribution in [1.29, 1.82) is 0 Å². The monoisotopic (exact) mass is 497 g/mol. The Morgan fingerprint density at radius 2 is 1.90 bits per heavy atom. The number of carbonyl (C=O) groups is 2. The van der Waals surface area contributed by atoms with Gasteiger partial charge in [-0.1, -0.05) is 46.3 Å². The predicted octanol–water partition coefficient (Wildman–Crippen LogP) is 5.71. The standard InChI is InChI=1S/C23H16BrNO5S/c1-2-29-23(28)19-17(13-6-4-3-5-7-13)12-31-21(19)25-20(26)16-11-14-10-15(24)8-9-18(14)30-22(16)27/h3-12H,2H2,1H3,(H,25,26). The van der Waals surface area contributed by atoms with Gasteiger partial charge in [-0.25, -0.2) is 9.59 Å². The van der Waals surface area contributed by atoms with E-state index in [0.29, 0.717) is 21.5 Å². The molecule has 1 amide bonds. The lowest BCUT2D eigenvalue weighted by Gasteiger charge is -2.09. The molecule has 8 heteroatoms. The first-order valence-corrected chi connectivity index (χ1v) is 11.0. The van der Waals surface area contributed by atoms with Crippen LogP contribution in [0, 0.1) is 0 Å². The molecule has 0 saturated carbocycles. The summed E-state index contributed by atoms with van der Waals surface area (Å²) < 4.78 is 11.3. The summed E-state index contributed by atoms with van der Waals surface area (Å²) >= 11 is 4.55. The second-order valence-electron chi connectivity index (χ2n) is 6.52. The molecular weight excluding hydrogens is 482 g/mol. The lowest BCUT2D eigenvalue weighted by Crippen LogP contribution is -2.21. The highest BCUT2D eigenvalue weighted by molar-refractivity contribution is 9.10. The van der Waals surface area contributed by atoms with Crippen LogP contribution in [0.1, 0.15) is 27.6 Å². The zero-order valence-corrected chi connectivity index (χ0v) is 18.7. The van der Waals surface area contributed by atoms with E-state index in [1.54, 1.807) is 30.5 Å². The summed E-state index contributed by atoms with van der Waals surface area (Å²) in [6.45, 7) is 1.91. The van der Waals surface area contributed by atoms with E-state index in [2.05, 4.69) is 21.2 Å². The van der Waals surface area contributed by atoms with Crippen LogP contribution >= 0.6 is 27.3 Å². The molecule has 0 aliphatic carbocycles. The first-order chi connectivity index (χ1) is 15.0. The number of esters is 1. The van der Waals surface area contributed by atoms with Crippen LogP contribution in [0.25, 0.3) is 22.1 Å². The number of benzene rings is 2. The van der Waals surface area contributed by atoms with Crippen LogP contribution in [0.3, 0.4) is 0 Å². The fourth-order valence-electron chi connectivity index (χ4n) is 3.11. The number of rotatable bonds is 5. The SMILES string of the molecule is CCOC(=O)c1c(-c2ccccc2)csc1NC(=O)c1cc2cc(Br)ccc2oc1=O. The van der Waals surface area contributed by atoms with E-state index in [0.717, 1.165) is 10.0 Å². The summed E-state index contributed by atoms with van der Waals surface area (Å²) in [6.07, 6.45) is 0. The first-order valence-electron chi connectivity index (χ1n) is 9.36. The van der Waals surface area contributed by atoms with Gasteiger partial charge in [-0.2, -0.15) is 0 Å². The maximum Gasteiger partial charge on any atom is 0.349 e. The molecule has 31 heavy (non-hydrogen) atoms. The Balaban J connectivity index is 1.74. The van der Waals surface area contributed by atoms with Crippen molar-refractivity contribution in [3.05, 3.63) is 86.0 Å². The van der Waals surface area contributed by atoms with Gasteiger partial charge < -0.3 is 14.5 Å². The fraction of sp³-hybridized carbons (Fsp3) is 0.0870. The average Bonchev–Trinajstić information content (AvgIpc) is 3.18. The summed E-state index contributed by atoms with van der Waals surface area (Å²) in [4.78, 5) is 37.9. The van der Waals surface area contributed by atoms with Crippen molar-refractivity contribution in [3.63, 3.8) is 0 Å². The zero-order valence-electron chi connectivity index (χ0n) is 16.3. The summed E-state index contributed by atoms with van der Waals surface area (Å²) in [5.74, 6) is -1.21. The maximum atomic E-state index is 12.9. The molecule has 0 radical (unpaired) electrons. The number of anilines is 1. The molecule has 0 fully saturated rings. The minimum atomic E-state index is -0.759. The Hall–Kier alpha value is -3.23. The van der Waals surface area contributed by atoms with E-state index in [1.165, 1.54) is 17.4 Å². The van der Waals surface area contributed by atoms with E-state index in [1.807, 2.05) is 30.3 Å². The van der Waals surface area contributed by atoms with Gasteiger partial charge in [0, 0.05) is 20.8 Å². The van der Waals surface area contributed by atoms with Gasteiger partial charge in [-0.3, -0.25) is 4.79 Å². The molecule has 0 bridgehead atoms. The van der Waals surface area contributed by atoms with Crippen molar-refractivity contribution in [1.82, 2.24) is 0 Å². The molecule has 0 saturated heterocycles. The summed E-state index contributed by atoms with van der Waals surface area (Å²) in [6, 6.07) is 15.9. The van der Waals surface area contributed by atoms with Crippen molar-refractivity contribution in [2.45, 2.75) is 6.92 Å². The second-order valence-corrected chi connectivity index (χ2v) is 8.32. The minimum Gasteiger partial charge on any atom is -0.462 e. The normalized spacial score (nSPS) is 10.8. The molecule has 6 nitrogen and oxygen atoms in total. The predicted molar refractivity (Wildman–Crippen MR) is 124 cm³/mol. The van der Waals surface area contributed by atoms with Gasteiger partial charge in [0.15, 0.2) is 0 Å². The van der Waals surface area contributed by atoms with Crippen LogP contribution in [-0.2, 0) is 4.74 Å². The van der Waals surface area contributed by atoms with Crippen molar-refractivity contribution < 1.29 is 18.7 Å². The number of ether oxygens (including phenoxy) is 1. The number of hydrogen-bond donors (Lipinski definition) is 1. The number of hydrogen-bond acceptors (Lipinski definition) is 6. The number of nitrogens with one attached hydrogen (secondary N) is 1. The van der Waals surface area contributed by atoms with E-state index >= 15 is 0 Å². The highest BCUT2D eigenvalue weighted by atomic mass is 79.9. The zero-order chi connectivity index (χ0) is 22.0. The Bertz CT molecular complexity index is 1340. The van der Waals surface area contributed by atoms with E-state index in [4.69, 9.17) is 9.15 Å². The number of carbonyl (C=O) groups excluding carboxylic acids is 2. The van der Waals surface area contributed by atoms with Crippen LogP contribution in [-0.4, -0.2) is 18.5 Å². The van der Waals surface area contributed by atoms with Crippen molar-refractivity contribution in [2.75, 3.05) is 11.9 Å². The van der Waals surface area contributed by atoms with E-state index in [-0.39, 0.29) is 17.7 Å². The molecule has 2 aromatic heterocycles. The topological polar surface area (TPSA) is 85.6 Å². The third kappa shape index (κ3) is 4.30. The summed E-state index contributed by atoms with van der Waals surface area (Å²) in [5.41, 5.74) is 1.17. The van der Waals surface area contributed by atoms with Gasteiger partial charge in [0.05, 0.1) is 6.61 Å². The number of fused-ring (bicyclic) bond motifs is 1. The highest BCUT2D eigenvalue weighted by Gasteiger charge is 2.24. The Labute approximate surface area is 189 Å². The van der Waals surface area contributed by atoms with Crippen molar-refractivity contribution in [2.24, 2.45) is 0 Å². The summed E-state index contributed by atoms with van der Waals surface area (Å²) in [5, 5.41) is 5.36. The second kappa shape index (κ2) is 8.87. The third-order valence-corrected chi connectivity index (χ3v) is 5.91. The van der Waals surface area contributed by atoms with Crippen LogP contribution in [0.15, 0.2) is 73.7 Å². The van der Waals surface area contributed by atoms with Gasteiger partial charge >= 0.3 is 11.6 Å². The van der Waals surface area contributed by atoms with Gasteiger partial charge in [0.1, 0.15) is 21.7 Å². The molecule has 1 N–H and O–H groups in total. The third-order valence-electron chi connectivity index (χ3n) is 4.52. The largest absolute Gasteiger partial charge is 0.462 e. The molecule has 0 aliphatic heterocycles. The molecule has 4 rings (SSSR count). The van der Waals surface area contributed by atoms with Crippen molar-refractivity contribution >= 4 is 55.1 Å². The smallest absolute Gasteiger partial charge is 0.349 e. The highest BCUT2D eigenvalue weighted by Crippen LogP contribution is 2.36. The van der Waals surface area contributed by atoms with E-state index in [9.17, 15) is 14.4 Å². The molecule has 0 aliphatic rings. The minimum absolute atomic E-state index is 0.157. The van der Waals surface area contributed by atoms with Crippen molar-refractivity contribution in [3.8, 4) is 11.1 Å². The van der Waals surface area contributed by atoms with E-state index < -0.39 is 17.5 Å². The molecular formula is C23H16BrNO5S. The molecule has 0 atom stereocenters. The Kier molecular flexibility index (Phi) is 6.01. The molecule has 4 aromatic rings. The Morgan fingerprint density at radius 1 is 1.13 bits per heavy atom. The van der Waals surface area contributed by atoms with Crippen LogP contribution in [0.4, 0.5) is 5.00 Å². The van der Waals surface area contributed by atoms with Crippen LogP contribution < -0.4 is 10.9 Å². The number of thiophene rings is 1. The van der Waals surface area contributed by atoms with Gasteiger partial charge in [-0.05, 0) is 36.8 Å². The molecule has 2 heterocycles. The number of amides is 1. The lowest BCUT2D eigenvalue weighted by molar-refractivity contribution is 0.0529. The fourth-order valence-corrected chi connectivity index (χ4v) is 4.44. The van der Waals surface area contributed by atoms with Gasteiger partial charge in [-0.15, -0.1) is 11.3 Å². The van der Waals surface area contributed by atoms with Gasteiger partial charge in [0.2, 0.25) is 0 Å². The molecule has 2 aromatic carbocycles. The van der Waals surface area contributed by atoms with Gasteiger partial charge in [0.25, 0.3) is 5.91 Å². The summed E-state index contributed by atoms with van der Waals surface area (Å²) in [7, 11) is 0. The molecule has 0 spiro atoms. The molecule has 0 unspecified atom stereocenters. The lowest BCUT2D eigenvalue weighted by atomic mass is 10.0. The quantitative estimate of drug-likeness (QED) is 0.281. The molecule has 156 valence electrons.